The monoisotopic (exact) mass is 178 g/mol. The molecule has 2 unspecified atom stereocenters. The lowest BCUT2D eigenvalue weighted by Crippen LogP contribution is -2.20. The van der Waals surface area contributed by atoms with Gasteiger partial charge in [0, 0.05) is 11.0 Å². The van der Waals surface area contributed by atoms with Crippen LogP contribution in [-0.4, -0.2) is 33.8 Å². The van der Waals surface area contributed by atoms with Crippen LogP contribution in [0.15, 0.2) is 0 Å². The summed E-state index contributed by atoms with van der Waals surface area (Å²) in [5.74, 6) is -0.506. The lowest BCUT2D eigenvalue weighted by Gasteiger charge is -2.14. The highest BCUT2D eigenvalue weighted by Crippen LogP contribution is 2.18. The predicted octanol–water partition coefficient (Wildman–Crippen LogP) is 0.821. The maximum Gasteiger partial charge on any atom is 0.307 e. The van der Waals surface area contributed by atoms with E-state index in [9.17, 15) is 4.79 Å². The molecule has 66 valence electrons. The maximum atomic E-state index is 10.4. The van der Waals surface area contributed by atoms with E-state index in [1.54, 1.807) is 6.92 Å². The topological polar surface area (TPSA) is 57.5 Å². The molecule has 0 saturated carbocycles. The Hall–Kier alpha value is -0.220. The largest absolute Gasteiger partial charge is 0.481 e. The quantitative estimate of drug-likeness (QED) is 0.654. The van der Waals surface area contributed by atoms with Crippen molar-refractivity contribution in [1.29, 1.82) is 0 Å². The summed E-state index contributed by atoms with van der Waals surface area (Å²) in [7, 11) is 0. The van der Waals surface area contributed by atoms with Crippen molar-refractivity contribution < 1.29 is 15.0 Å². The minimum atomic E-state index is -0.775. The van der Waals surface area contributed by atoms with E-state index in [1.807, 2.05) is 6.92 Å². The van der Waals surface area contributed by atoms with Crippen molar-refractivity contribution >= 4 is 17.7 Å². The number of aliphatic hydroxyl groups is 1. The van der Waals surface area contributed by atoms with Crippen LogP contribution in [0, 0.1) is 5.92 Å². The fourth-order valence-electron chi connectivity index (χ4n) is 0.584. The Morgan fingerprint density at radius 2 is 2.09 bits per heavy atom. The second kappa shape index (κ2) is 5.43. The van der Waals surface area contributed by atoms with E-state index in [0.717, 1.165) is 0 Å². The van der Waals surface area contributed by atoms with Crippen molar-refractivity contribution in [2.45, 2.75) is 19.1 Å². The van der Waals surface area contributed by atoms with Crippen molar-refractivity contribution in [3.63, 3.8) is 0 Å². The predicted molar refractivity (Wildman–Crippen MR) is 45.8 cm³/mol. The molecule has 0 aromatic rings. The van der Waals surface area contributed by atoms with E-state index in [0.29, 0.717) is 5.75 Å². The van der Waals surface area contributed by atoms with Gasteiger partial charge in [-0.2, -0.15) is 11.8 Å². The summed E-state index contributed by atoms with van der Waals surface area (Å²) >= 11 is 1.48. The molecule has 0 heterocycles. The summed E-state index contributed by atoms with van der Waals surface area (Å²) in [5, 5.41) is 17.1. The fraction of sp³-hybridized carbons (Fsp3) is 0.857. The van der Waals surface area contributed by atoms with Crippen LogP contribution in [0.25, 0.3) is 0 Å². The highest BCUT2D eigenvalue weighted by Gasteiger charge is 2.18. The van der Waals surface area contributed by atoms with Gasteiger partial charge in [-0.15, -0.1) is 0 Å². The van der Waals surface area contributed by atoms with Gasteiger partial charge < -0.3 is 10.2 Å². The van der Waals surface area contributed by atoms with Crippen LogP contribution in [0.4, 0.5) is 0 Å². The van der Waals surface area contributed by atoms with E-state index in [1.165, 1.54) is 11.8 Å². The highest BCUT2D eigenvalue weighted by atomic mass is 32.2. The van der Waals surface area contributed by atoms with Crippen molar-refractivity contribution in [3.05, 3.63) is 0 Å². The van der Waals surface area contributed by atoms with Crippen LogP contribution >= 0.6 is 11.8 Å². The smallest absolute Gasteiger partial charge is 0.307 e. The van der Waals surface area contributed by atoms with Gasteiger partial charge in [-0.05, 0) is 0 Å². The van der Waals surface area contributed by atoms with Gasteiger partial charge in [0.1, 0.15) is 0 Å². The number of hydrogen-bond donors (Lipinski definition) is 2. The SMILES string of the molecule is CC(SCCO)C(C)C(=O)O. The summed E-state index contributed by atoms with van der Waals surface area (Å²) in [6.07, 6.45) is 0. The molecule has 0 aromatic heterocycles. The molecular formula is C7H14O3S. The van der Waals surface area contributed by atoms with Crippen LogP contribution in [0.1, 0.15) is 13.8 Å². The Kier molecular flexibility index (Phi) is 5.32. The molecule has 11 heavy (non-hydrogen) atoms. The molecule has 0 spiro atoms. The van der Waals surface area contributed by atoms with Crippen LogP contribution < -0.4 is 0 Å². The van der Waals surface area contributed by atoms with Gasteiger partial charge in [-0.3, -0.25) is 4.79 Å². The first kappa shape index (κ1) is 10.8. The normalized spacial score (nSPS) is 15.9. The molecule has 0 saturated heterocycles. The first-order chi connectivity index (χ1) is 5.09. The number of thioether (sulfide) groups is 1. The minimum Gasteiger partial charge on any atom is -0.481 e. The molecule has 0 amide bonds. The minimum absolute atomic E-state index is 0.0691. The molecule has 0 bridgehead atoms. The summed E-state index contributed by atoms with van der Waals surface area (Å²) in [6, 6.07) is 0. The molecule has 0 aromatic carbocycles. The first-order valence-electron chi connectivity index (χ1n) is 3.55. The van der Waals surface area contributed by atoms with Crippen molar-refractivity contribution in [3.8, 4) is 0 Å². The number of hydrogen-bond acceptors (Lipinski definition) is 3. The van der Waals surface area contributed by atoms with Gasteiger partial charge in [-0.25, -0.2) is 0 Å². The molecule has 0 aliphatic heterocycles. The first-order valence-corrected chi connectivity index (χ1v) is 4.59. The summed E-state index contributed by atoms with van der Waals surface area (Å²) in [4.78, 5) is 10.4. The molecule has 2 N–H and O–H groups in total. The van der Waals surface area contributed by atoms with E-state index >= 15 is 0 Å². The summed E-state index contributed by atoms with van der Waals surface area (Å²) in [6.45, 7) is 3.65. The Labute approximate surface area is 70.8 Å². The van der Waals surface area contributed by atoms with Crippen molar-refractivity contribution in [2.75, 3.05) is 12.4 Å². The van der Waals surface area contributed by atoms with E-state index in [-0.39, 0.29) is 17.8 Å². The van der Waals surface area contributed by atoms with Crippen molar-refractivity contribution in [2.24, 2.45) is 5.92 Å². The van der Waals surface area contributed by atoms with Crippen molar-refractivity contribution in [1.82, 2.24) is 0 Å². The number of rotatable bonds is 5. The molecule has 2 atom stereocenters. The molecule has 0 aliphatic carbocycles. The van der Waals surface area contributed by atoms with E-state index in [2.05, 4.69) is 0 Å². The summed E-state index contributed by atoms with van der Waals surface area (Å²) < 4.78 is 0. The maximum absolute atomic E-state index is 10.4. The molecule has 3 nitrogen and oxygen atoms in total. The molecule has 0 radical (unpaired) electrons. The number of carboxylic acids is 1. The van der Waals surface area contributed by atoms with Crippen LogP contribution in [-0.2, 0) is 4.79 Å². The number of carboxylic acid groups (broad SMARTS) is 1. The van der Waals surface area contributed by atoms with Crippen LogP contribution in [0.5, 0.6) is 0 Å². The molecule has 0 aliphatic rings. The highest BCUT2D eigenvalue weighted by molar-refractivity contribution is 7.99. The van der Waals surface area contributed by atoms with Gasteiger partial charge in [0.15, 0.2) is 0 Å². The van der Waals surface area contributed by atoms with Crippen LogP contribution in [0.3, 0.4) is 0 Å². The Morgan fingerprint density at radius 1 is 1.55 bits per heavy atom. The number of carbonyl (C=O) groups is 1. The molecule has 0 rings (SSSR count). The summed E-state index contributed by atoms with van der Waals surface area (Å²) in [5.41, 5.74) is 0. The zero-order valence-electron chi connectivity index (χ0n) is 6.78. The third-order valence-corrected chi connectivity index (χ3v) is 2.92. The van der Waals surface area contributed by atoms with Gasteiger partial charge in [0.25, 0.3) is 0 Å². The lowest BCUT2D eigenvalue weighted by molar-refractivity contribution is -0.140. The average Bonchev–Trinajstić information content (AvgIpc) is 1.98. The molecular weight excluding hydrogens is 164 g/mol. The Morgan fingerprint density at radius 3 is 2.45 bits per heavy atom. The average molecular weight is 178 g/mol. The Bertz CT molecular complexity index is 127. The van der Waals surface area contributed by atoms with E-state index < -0.39 is 5.97 Å². The number of aliphatic carboxylic acids is 1. The Balaban J connectivity index is 3.63. The number of aliphatic hydroxyl groups excluding tert-OH is 1. The fourth-order valence-corrected chi connectivity index (χ4v) is 1.47. The zero-order valence-corrected chi connectivity index (χ0v) is 7.60. The van der Waals surface area contributed by atoms with E-state index in [4.69, 9.17) is 10.2 Å². The van der Waals surface area contributed by atoms with Crippen LogP contribution in [0.2, 0.25) is 0 Å². The van der Waals surface area contributed by atoms with Gasteiger partial charge in [-0.1, -0.05) is 13.8 Å². The third-order valence-electron chi connectivity index (χ3n) is 1.57. The second-order valence-electron chi connectivity index (χ2n) is 2.43. The lowest BCUT2D eigenvalue weighted by atomic mass is 10.1. The molecule has 0 fully saturated rings. The standard InChI is InChI=1S/C7H14O3S/c1-5(7(9)10)6(2)11-4-3-8/h5-6,8H,3-4H2,1-2H3,(H,9,10). The van der Waals surface area contributed by atoms with Gasteiger partial charge >= 0.3 is 5.97 Å². The van der Waals surface area contributed by atoms with Gasteiger partial charge in [0.05, 0.1) is 12.5 Å². The molecule has 4 heteroatoms. The zero-order chi connectivity index (χ0) is 8.85. The van der Waals surface area contributed by atoms with Gasteiger partial charge in [0.2, 0.25) is 0 Å². The third kappa shape index (κ3) is 4.27. The second-order valence-corrected chi connectivity index (χ2v) is 3.91.